The minimum atomic E-state index is -0.548. The molecule has 4 nitrogen and oxygen atoms in total. The van der Waals surface area contributed by atoms with Crippen LogP contribution in [0.2, 0.25) is 0 Å². The van der Waals surface area contributed by atoms with Crippen molar-refractivity contribution in [2.45, 2.75) is 12.6 Å². The van der Waals surface area contributed by atoms with Gasteiger partial charge in [0.1, 0.15) is 0 Å². The largest absolute Gasteiger partial charge is 0.449 e. The van der Waals surface area contributed by atoms with Crippen LogP contribution in [0.1, 0.15) is 4.88 Å². The molecule has 0 saturated heterocycles. The maximum Gasteiger partial charge on any atom is 0.294 e. The molecule has 1 aromatic heterocycles. The van der Waals surface area contributed by atoms with E-state index in [4.69, 9.17) is 5.73 Å². The van der Waals surface area contributed by atoms with Crippen molar-refractivity contribution in [2.75, 3.05) is 0 Å². The van der Waals surface area contributed by atoms with E-state index in [1.165, 1.54) is 11.3 Å². The molecule has 1 unspecified atom stereocenters. The molecular formula is C6H8N2O2S. The Morgan fingerprint density at radius 2 is 2.73 bits per heavy atom. The Kier molecular flexibility index (Phi) is 3.00. The number of carbonyl (C=O) groups is 1. The van der Waals surface area contributed by atoms with Gasteiger partial charge in [0.2, 0.25) is 0 Å². The van der Waals surface area contributed by atoms with Crippen molar-refractivity contribution in [1.82, 2.24) is 4.98 Å². The number of hydrogen-bond donors (Lipinski definition) is 1. The molecule has 0 aliphatic rings. The first-order valence-electron chi connectivity index (χ1n) is 3.05. The lowest BCUT2D eigenvalue weighted by molar-refractivity contribution is -0.133. The Labute approximate surface area is 68.0 Å². The molecule has 1 heterocycles. The van der Waals surface area contributed by atoms with E-state index in [0.717, 1.165) is 4.88 Å². The van der Waals surface area contributed by atoms with Crippen molar-refractivity contribution in [3.05, 3.63) is 16.6 Å². The van der Waals surface area contributed by atoms with Crippen LogP contribution < -0.4 is 5.73 Å². The zero-order valence-electron chi connectivity index (χ0n) is 5.77. The standard InChI is InChI=1S/C6H8N2O2S/c7-6(10-4-9)1-5-2-8-3-11-5/h2-4,6H,1,7H2. The van der Waals surface area contributed by atoms with Crippen molar-refractivity contribution in [2.24, 2.45) is 5.73 Å². The van der Waals surface area contributed by atoms with Gasteiger partial charge in [-0.1, -0.05) is 0 Å². The molecule has 0 aromatic carbocycles. The molecule has 0 amide bonds. The number of hydrogen-bond acceptors (Lipinski definition) is 5. The third-order valence-electron chi connectivity index (χ3n) is 1.12. The molecule has 1 atom stereocenters. The Hall–Kier alpha value is -0.940. The van der Waals surface area contributed by atoms with E-state index in [9.17, 15) is 4.79 Å². The van der Waals surface area contributed by atoms with Crippen LogP contribution >= 0.6 is 11.3 Å². The van der Waals surface area contributed by atoms with Crippen LogP contribution in [0.25, 0.3) is 0 Å². The maximum absolute atomic E-state index is 9.83. The van der Waals surface area contributed by atoms with E-state index in [0.29, 0.717) is 12.9 Å². The molecule has 2 N–H and O–H groups in total. The highest BCUT2D eigenvalue weighted by Crippen LogP contribution is 2.07. The lowest BCUT2D eigenvalue weighted by Gasteiger charge is -2.05. The molecule has 0 aliphatic heterocycles. The second-order valence-corrected chi connectivity index (χ2v) is 2.91. The molecule has 0 spiro atoms. The summed E-state index contributed by atoms with van der Waals surface area (Å²) in [6.07, 6.45) is 1.69. The van der Waals surface area contributed by atoms with E-state index in [1.807, 2.05) is 0 Å². The van der Waals surface area contributed by atoms with E-state index in [-0.39, 0.29) is 0 Å². The summed E-state index contributed by atoms with van der Waals surface area (Å²) in [7, 11) is 0. The predicted octanol–water partition coefficient (Wildman–Crippen LogP) is 0.143. The van der Waals surface area contributed by atoms with E-state index >= 15 is 0 Å². The normalized spacial score (nSPS) is 12.5. The number of nitrogens with two attached hydrogens (primary N) is 1. The topological polar surface area (TPSA) is 65.2 Å². The smallest absolute Gasteiger partial charge is 0.294 e. The zero-order valence-corrected chi connectivity index (χ0v) is 6.58. The summed E-state index contributed by atoms with van der Waals surface area (Å²) < 4.78 is 4.49. The molecular weight excluding hydrogens is 164 g/mol. The predicted molar refractivity (Wildman–Crippen MR) is 40.9 cm³/mol. The van der Waals surface area contributed by atoms with Gasteiger partial charge in [-0.2, -0.15) is 0 Å². The summed E-state index contributed by atoms with van der Waals surface area (Å²) in [6.45, 7) is 0.353. The minimum absolute atomic E-state index is 0.353. The van der Waals surface area contributed by atoms with Crippen LogP contribution in [0.5, 0.6) is 0 Å². The molecule has 11 heavy (non-hydrogen) atoms. The second kappa shape index (κ2) is 4.05. The van der Waals surface area contributed by atoms with Crippen molar-refractivity contribution in [1.29, 1.82) is 0 Å². The molecule has 1 rings (SSSR count). The highest BCUT2D eigenvalue weighted by Gasteiger charge is 2.03. The fraction of sp³-hybridized carbons (Fsp3) is 0.333. The Morgan fingerprint density at radius 1 is 1.91 bits per heavy atom. The van der Waals surface area contributed by atoms with Gasteiger partial charge in [-0.3, -0.25) is 15.5 Å². The monoisotopic (exact) mass is 172 g/mol. The van der Waals surface area contributed by atoms with Gasteiger partial charge >= 0.3 is 0 Å². The number of ether oxygens (including phenoxy) is 1. The van der Waals surface area contributed by atoms with Gasteiger partial charge in [-0.05, 0) is 0 Å². The molecule has 1 aromatic rings. The summed E-state index contributed by atoms with van der Waals surface area (Å²) in [6, 6.07) is 0. The van der Waals surface area contributed by atoms with Gasteiger partial charge in [0.15, 0.2) is 6.23 Å². The molecule has 60 valence electrons. The van der Waals surface area contributed by atoms with Crippen molar-refractivity contribution in [3.63, 3.8) is 0 Å². The highest BCUT2D eigenvalue weighted by atomic mass is 32.1. The summed E-state index contributed by atoms with van der Waals surface area (Å²) in [4.78, 5) is 14.7. The Balaban J connectivity index is 2.37. The number of carbonyl (C=O) groups excluding carboxylic acids is 1. The van der Waals surface area contributed by atoms with Crippen LogP contribution in [-0.4, -0.2) is 17.7 Å². The van der Waals surface area contributed by atoms with Gasteiger partial charge in [-0.25, -0.2) is 0 Å². The SMILES string of the molecule is NC(Cc1cncs1)OC=O. The molecule has 0 aliphatic carbocycles. The van der Waals surface area contributed by atoms with E-state index in [1.54, 1.807) is 11.7 Å². The first-order chi connectivity index (χ1) is 5.33. The zero-order chi connectivity index (χ0) is 8.10. The van der Waals surface area contributed by atoms with Crippen LogP contribution in [0.4, 0.5) is 0 Å². The van der Waals surface area contributed by atoms with Gasteiger partial charge in [0.25, 0.3) is 6.47 Å². The average Bonchev–Trinajstić information content (AvgIpc) is 2.40. The number of thiazole rings is 1. The van der Waals surface area contributed by atoms with Gasteiger partial charge in [0, 0.05) is 17.5 Å². The lowest BCUT2D eigenvalue weighted by Crippen LogP contribution is -2.25. The third-order valence-corrected chi connectivity index (χ3v) is 1.92. The van der Waals surface area contributed by atoms with Gasteiger partial charge in [-0.15, -0.1) is 11.3 Å². The van der Waals surface area contributed by atoms with Crippen LogP contribution in [0, 0.1) is 0 Å². The van der Waals surface area contributed by atoms with Gasteiger partial charge < -0.3 is 4.74 Å². The fourth-order valence-electron chi connectivity index (χ4n) is 0.661. The molecule has 0 bridgehead atoms. The highest BCUT2D eigenvalue weighted by molar-refractivity contribution is 7.09. The third kappa shape index (κ3) is 2.65. The first kappa shape index (κ1) is 8.16. The Morgan fingerprint density at radius 3 is 3.27 bits per heavy atom. The lowest BCUT2D eigenvalue weighted by atomic mass is 10.3. The average molecular weight is 172 g/mol. The van der Waals surface area contributed by atoms with Crippen LogP contribution in [0.15, 0.2) is 11.7 Å². The summed E-state index contributed by atoms with van der Waals surface area (Å²) in [5.74, 6) is 0. The van der Waals surface area contributed by atoms with Crippen LogP contribution in [-0.2, 0) is 16.0 Å². The van der Waals surface area contributed by atoms with E-state index in [2.05, 4.69) is 9.72 Å². The minimum Gasteiger partial charge on any atom is -0.449 e. The van der Waals surface area contributed by atoms with E-state index < -0.39 is 6.23 Å². The first-order valence-corrected chi connectivity index (χ1v) is 3.93. The second-order valence-electron chi connectivity index (χ2n) is 1.94. The maximum atomic E-state index is 9.83. The molecule has 0 saturated carbocycles. The van der Waals surface area contributed by atoms with Gasteiger partial charge in [0.05, 0.1) is 5.51 Å². The number of rotatable bonds is 4. The summed E-state index contributed by atoms with van der Waals surface area (Å²) >= 11 is 1.49. The molecule has 0 fully saturated rings. The van der Waals surface area contributed by atoms with Crippen molar-refractivity contribution >= 4 is 17.8 Å². The fourth-order valence-corrected chi connectivity index (χ4v) is 1.30. The number of nitrogens with zero attached hydrogens (tertiary/aromatic N) is 1. The number of aromatic nitrogens is 1. The molecule has 0 radical (unpaired) electrons. The summed E-state index contributed by atoms with van der Waals surface area (Å²) in [5, 5.41) is 0. The Bertz CT molecular complexity index is 212. The quantitative estimate of drug-likeness (QED) is 0.518. The van der Waals surface area contributed by atoms with Crippen molar-refractivity contribution < 1.29 is 9.53 Å². The molecule has 5 heteroatoms. The van der Waals surface area contributed by atoms with Crippen molar-refractivity contribution in [3.8, 4) is 0 Å². The van der Waals surface area contributed by atoms with Crippen LogP contribution in [0.3, 0.4) is 0 Å². The summed E-state index contributed by atoms with van der Waals surface area (Å²) in [5.41, 5.74) is 7.11.